The number of aryl methyl sites for hydroxylation is 1. The van der Waals surface area contributed by atoms with Crippen LogP contribution < -0.4 is 5.32 Å². The molecule has 0 aliphatic carbocycles. The summed E-state index contributed by atoms with van der Waals surface area (Å²) < 4.78 is 20.1. The summed E-state index contributed by atoms with van der Waals surface area (Å²) in [7, 11) is 0. The maximum atomic E-state index is 13.2. The number of carbonyl (C=O) groups is 2. The molecule has 0 aliphatic heterocycles. The van der Waals surface area contributed by atoms with E-state index in [1.807, 2.05) is 6.92 Å². The summed E-state index contributed by atoms with van der Waals surface area (Å²) in [4.78, 5) is 25.0. The minimum Gasteiger partial charge on any atom is -0.451 e. The number of nitrogens with one attached hydrogen (secondary N) is 1. The Kier molecular flexibility index (Phi) is 6.33. The minimum absolute atomic E-state index is 0.324. The van der Waals surface area contributed by atoms with Gasteiger partial charge in [0.15, 0.2) is 6.61 Å². The average molecular weight is 425 g/mol. The van der Waals surface area contributed by atoms with Crippen LogP contribution in [0.3, 0.4) is 0 Å². The van der Waals surface area contributed by atoms with Gasteiger partial charge >= 0.3 is 5.97 Å². The highest BCUT2D eigenvalue weighted by molar-refractivity contribution is 7.12. The van der Waals surface area contributed by atoms with Crippen LogP contribution in [-0.2, 0) is 16.1 Å². The highest BCUT2D eigenvalue weighted by Crippen LogP contribution is 2.27. The standard InChI is InChI=1S/C22H20FN3O3S/c1-13-8-9-30-20(13)22(28)29-12-19(27)25-21-18(10-24)14(2)15(3)26(21)11-16-4-6-17(23)7-5-16/h4-9H,11-12H2,1-3H3,(H,25,27). The number of ether oxygens (including phenoxy) is 1. The monoisotopic (exact) mass is 425 g/mol. The number of benzene rings is 1. The SMILES string of the molecule is Cc1ccsc1C(=O)OCC(=O)Nc1c(C#N)c(C)c(C)n1Cc1ccc(F)cc1. The summed E-state index contributed by atoms with van der Waals surface area (Å²) in [5.74, 6) is -1.13. The molecule has 0 radical (unpaired) electrons. The molecule has 6 nitrogen and oxygen atoms in total. The fraction of sp³-hybridized carbons (Fsp3) is 0.227. The molecule has 0 atom stereocenters. The van der Waals surface area contributed by atoms with Crippen LogP contribution in [0.1, 0.15) is 37.6 Å². The number of anilines is 1. The summed E-state index contributed by atoms with van der Waals surface area (Å²) in [6.07, 6.45) is 0. The first-order valence-corrected chi connectivity index (χ1v) is 10.0. The van der Waals surface area contributed by atoms with Crippen molar-refractivity contribution in [2.45, 2.75) is 27.3 Å². The first-order valence-electron chi connectivity index (χ1n) is 9.17. The van der Waals surface area contributed by atoms with E-state index in [0.29, 0.717) is 22.8 Å². The molecule has 0 saturated carbocycles. The van der Waals surface area contributed by atoms with Crippen LogP contribution in [0.2, 0.25) is 0 Å². The molecule has 0 bridgehead atoms. The Morgan fingerprint density at radius 3 is 2.50 bits per heavy atom. The molecule has 0 spiro atoms. The predicted molar refractivity (Wildman–Crippen MR) is 112 cm³/mol. The Bertz CT molecular complexity index is 1140. The van der Waals surface area contributed by atoms with Gasteiger partial charge in [0.2, 0.25) is 0 Å². The number of aromatic nitrogens is 1. The van der Waals surface area contributed by atoms with Gasteiger partial charge in [0.1, 0.15) is 22.6 Å². The van der Waals surface area contributed by atoms with Crippen LogP contribution in [0.5, 0.6) is 0 Å². The summed E-state index contributed by atoms with van der Waals surface area (Å²) >= 11 is 1.25. The largest absolute Gasteiger partial charge is 0.451 e. The molecule has 3 aromatic rings. The number of thiophene rings is 1. The second kappa shape index (κ2) is 8.93. The number of halogens is 1. The molecule has 0 unspecified atom stereocenters. The van der Waals surface area contributed by atoms with Crippen molar-refractivity contribution in [2.24, 2.45) is 0 Å². The van der Waals surface area contributed by atoms with Crippen molar-refractivity contribution in [3.63, 3.8) is 0 Å². The lowest BCUT2D eigenvalue weighted by atomic mass is 10.2. The quantitative estimate of drug-likeness (QED) is 0.596. The van der Waals surface area contributed by atoms with Crippen molar-refractivity contribution in [1.82, 2.24) is 4.57 Å². The van der Waals surface area contributed by atoms with Gasteiger partial charge < -0.3 is 14.6 Å². The van der Waals surface area contributed by atoms with Crippen molar-refractivity contribution in [3.05, 3.63) is 74.4 Å². The number of amides is 1. The van der Waals surface area contributed by atoms with E-state index < -0.39 is 18.5 Å². The van der Waals surface area contributed by atoms with E-state index in [-0.39, 0.29) is 5.82 Å². The van der Waals surface area contributed by atoms with E-state index in [2.05, 4.69) is 11.4 Å². The molecule has 3 rings (SSSR count). The Labute approximate surface area is 177 Å². The zero-order valence-corrected chi connectivity index (χ0v) is 17.6. The van der Waals surface area contributed by atoms with E-state index in [0.717, 1.165) is 22.4 Å². The van der Waals surface area contributed by atoms with Gasteiger partial charge in [-0.15, -0.1) is 11.3 Å². The number of hydrogen-bond acceptors (Lipinski definition) is 5. The lowest BCUT2D eigenvalue weighted by Crippen LogP contribution is -2.23. The van der Waals surface area contributed by atoms with Crippen molar-refractivity contribution < 1.29 is 18.7 Å². The number of esters is 1. The van der Waals surface area contributed by atoms with Crippen LogP contribution in [0.4, 0.5) is 10.2 Å². The second-order valence-corrected chi connectivity index (χ2v) is 7.73. The van der Waals surface area contributed by atoms with Gasteiger partial charge in [-0.25, -0.2) is 9.18 Å². The minimum atomic E-state index is -0.563. The maximum Gasteiger partial charge on any atom is 0.349 e. The average Bonchev–Trinajstić information content (AvgIpc) is 3.24. The molecule has 2 heterocycles. The molecule has 1 aromatic carbocycles. The number of rotatable bonds is 6. The number of carbonyl (C=O) groups excluding carboxylic acids is 2. The number of hydrogen-bond donors (Lipinski definition) is 1. The summed E-state index contributed by atoms with van der Waals surface area (Å²) in [5, 5.41) is 14.0. The fourth-order valence-corrected chi connectivity index (χ4v) is 3.86. The zero-order chi connectivity index (χ0) is 21.8. The van der Waals surface area contributed by atoms with Gasteiger partial charge in [0.25, 0.3) is 5.91 Å². The van der Waals surface area contributed by atoms with Gasteiger partial charge in [0, 0.05) is 12.2 Å². The smallest absolute Gasteiger partial charge is 0.349 e. The van der Waals surface area contributed by atoms with Crippen LogP contribution in [0, 0.1) is 37.9 Å². The third-order valence-electron chi connectivity index (χ3n) is 4.83. The molecule has 30 heavy (non-hydrogen) atoms. The lowest BCUT2D eigenvalue weighted by Gasteiger charge is -2.13. The van der Waals surface area contributed by atoms with Gasteiger partial charge in [0.05, 0.1) is 5.56 Å². The topological polar surface area (TPSA) is 84.1 Å². The molecule has 154 valence electrons. The Balaban J connectivity index is 1.78. The first-order chi connectivity index (χ1) is 14.3. The van der Waals surface area contributed by atoms with E-state index in [1.165, 1.54) is 23.5 Å². The molecule has 0 aliphatic rings. The van der Waals surface area contributed by atoms with Crippen molar-refractivity contribution in [3.8, 4) is 6.07 Å². The summed E-state index contributed by atoms with van der Waals surface area (Å²) in [6.45, 7) is 5.30. The van der Waals surface area contributed by atoms with E-state index >= 15 is 0 Å². The molecule has 1 N–H and O–H groups in total. The molecular formula is C22H20FN3O3S. The molecule has 1 amide bonds. The molecule has 8 heteroatoms. The third-order valence-corrected chi connectivity index (χ3v) is 5.83. The zero-order valence-electron chi connectivity index (χ0n) is 16.8. The van der Waals surface area contributed by atoms with Crippen LogP contribution >= 0.6 is 11.3 Å². The summed E-state index contributed by atoms with van der Waals surface area (Å²) in [6, 6.07) is 9.93. The maximum absolute atomic E-state index is 13.2. The fourth-order valence-electron chi connectivity index (χ4n) is 3.05. The Morgan fingerprint density at radius 1 is 1.20 bits per heavy atom. The first kappa shape index (κ1) is 21.3. The van der Waals surface area contributed by atoms with E-state index in [1.54, 1.807) is 42.0 Å². The number of nitriles is 1. The van der Waals surface area contributed by atoms with Crippen LogP contribution in [0.15, 0.2) is 35.7 Å². The molecule has 0 fully saturated rings. The second-order valence-electron chi connectivity index (χ2n) is 6.82. The molecule has 0 saturated heterocycles. The highest BCUT2D eigenvalue weighted by Gasteiger charge is 2.21. The Morgan fingerprint density at radius 2 is 1.90 bits per heavy atom. The Hall–Kier alpha value is -3.44. The predicted octanol–water partition coefficient (Wildman–Crippen LogP) is 4.33. The van der Waals surface area contributed by atoms with Crippen molar-refractivity contribution in [1.29, 1.82) is 5.26 Å². The summed E-state index contributed by atoms with van der Waals surface area (Å²) in [5.41, 5.74) is 3.48. The molecular weight excluding hydrogens is 405 g/mol. The van der Waals surface area contributed by atoms with Gasteiger partial charge in [-0.05, 0) is 61.0 Å². The normalized spacial score (nSPS) is 10.5. The molecule has 2 aromatic heterocycles. The third kappa shape index (κ3) is 4.42. The lowest BCUT2D eigenvalue weighted by molar-refractivity contribution is -0.119. The van der Waals surface area contributed by atoms with E-state index in [9.17, 15) is 19.2 Å². The van der Waals surface area contributed by atoms with Crippen molar-refractivity contribution >= 4 is 29.0 Å². The van der Waals surface area contributed by atoms with Crippen LogP contribution in [-0.4, -0.2) is 23.1 Å². The van der Waals surface area contributed by atoms with Gasteiger partial charge in [-0.3, -0.25) is 4.79 Å². The van der Waals surface area contributed by atoms with Crippen LogP contribution in [0.25, 0.3) is 0 Å². The van der Waals surface area contributed by atoms with Gasteiger partial charge in [-0.1, -0.05) is 12.1 Å². The number of nitrogens with zero attached hydrogens (tertiary/aromatic N) is 2. The highest BCUT2D eigenvalue weighted by atomic mass is 32.1. The van der Waals surface area contributed by atoms with E-state index in [4.69, 9.17) is 4.74 Å². The van der Waals surface area contributed by atoms with Gasteiger partial charge in [-0.2, -0.15) is 5.26 Å². The van der Waals surface area contributed by atoms with Crippen molar-refractivity contribution in [2.75, 3.05) is 11.9 Å².